The number of aromatic nitrogens is 1. The van der Waals surface area contributed by atoms with Crippen LogP contribution in [0, 0.1) is 6.92 Å². The molecule has 1 atom stereocenters. The molecule has 0 bridgehead atoms. The molecular formula is C23H25N3O2. The van der Waals surface area contributed by atoms with Gasteiger partial charge in [-0.3, -0.25) is 9.59 Å². The molecule has 1 fully saturated rings. The quantitative estimate of drug-likeness (QED) is 0.764. The fourth-order valence-electron chi connectivity index (χ4n) is 4.07. The average molecular weight is 375 g/mol. The zero-order chi connectivity index (χ0) is 19.8. The Morgan fingerprint density at radius 2 is 1.82 bits per heavy atom. The molecule has 1 amide bonds. The fourth-order valence-corrected chi connectivity index (χ4v) is 4.07. The Morgan fingerprint density at radius 3 is 2.50 bits per heavy atom. The van der Waals surface area contributed by atoms with Gasteiger partial charge in [0.15, 0.2) is 0 Å². The summed E-state index contributed by atoms with van der Waals surface area (Å²) in [7, 11) is 4.10. The van der Waals surface area contributed by atoms with Gasteiger partial charge < -0.3 is 14.8 Å². The minimum Gasteiger partial charge on any atom is -0.337 e. The predicted molar refractivity (Wildman–Crippen MR) is 113 cm³/mol. The number of nitrogens with zero attached hydrogens (tertiary/aromatic N) is 2. The number of pyridine rings is 1. The number of H-pyrrole nitrogens is 1. The van der Waals surface area contributed by atoms with Gasteiger partial charge in [0.2, 0.25) is 0 Å². The van der Waals surface area contributed by atoms with E-state index in [2.05, 4.69) is 24.0 Å². The molecule has 5 heteroatoms. The first-order chi connectivity index (χ1) is 13.5. The van der Waals surface area contributed by atoms with E-state index in [1.807, 2.05) is 60.4 Å². The highest BCUT2D eigenvalue weighted by atomic mass is 16.2. The molecular weight excluding hydrogens is 350 g/mol. The first-order valence-corrected chi connectivity index (χ1v) is 9.63. The number of aryl methyl sites for hydroxylation is 1. The molecule has 0 radical (unpaired) electrons. The SMILES string of the molecule is Cc1c(-c2ccc(C(=O)N3CC[C@@H](N(C)C)C3)cc2)c(=O)[nH]c2ccccc12. The third-order valence-electron chi connectivity index (χ3n) is 5.78. The standard InChI is InChI=1S/C23H25N3O2/c1-15-19-6-4-5-7-20(19)24-22(27)21(15)16-8-10-17(11-9-16)23(28)26-13-12-18(14-26)25(2)3/h4-11,18H,12-14H2,1-3H3,(H,24,27)/t18-/m1/s1. The van der Waals surface area contributed by atoms with Crippen LogP contribution in [0.15, 0.2) is 53.3 Å². The molecule has 144 valence electrons. The second-order valence-corrected chi connectivity index (χ2v) is 7.73. The number of para-hydroxylation sites is 1. The first kappa shape index (κ1) is 18.4. The van der Waals surface area contributed by atoms with Crippen LogP contribution in [0.5, 0.6) is 0 Å². The van der Waals surface area contributed by atoms with Crippen LogP contribution in [0.3, 0.4) is 0 Å². The Hall–Kier alpha value is -2.92. The van der Waals surface area contributed by atoms with Crippen molar-refractivity contribution in [2.24, 2.45) is 0 Å². The van der Waals surface area contributed by atoms with Crippen molar-refractivity contribution in [2.45, 2.75) is 19.4 Å². The molecule has 3 aromatic rings. The van der Waals surface area contributed by atoms with Gasteiger partial charge in [-0.15, -0.1) is 0 Å². The number of aromatic amines is 1. The minimum atomic E-state index is -0.108. The van der Waals surface area contributed by atoms with Crippen LogP contribution in [0.25, 0.3) is 22.0 Å². The minimum absolute atomic E-state index is 0.0556. The summed E-state index contributed by atoms with van der Waals surface area (Å²) in [4.78, 5) is 32.5. The molecule has 1 aliphatic heterocycles. The Kier molecular flexibility index (Phi) is 4.77. The number of carbonyl (C=O) groups excluding carboxylic acids is 1. The predicted octanol–water partition coefficient (Wildman–Crippen LogP) is 3.28. The lowest BCUT2D eigenvalue weighted by Crippen LogP contribution is -2.34. The van der Waals surface area contributed by atoms with Crippen molar-refractivity contribution in [1.29, 1.82) is 0 Å². The Labute approximate surface area is 164 Å². The second kappa shape index (κ2) is 7.24. The molecule has 28 heavy (non-hydrogen) atoms. The number of carbonyl (C=O) groups is 1. The van der Waals surface area contributed by atoms with E-state index in [0.29, 0.717) is 17.2 Å². The molecule has 1 N–H and O–H groups in total. The van der Waals surface area contributed by atoms with Gasteiger partial charge in [-0.05, 0) is 56.8 Å². The summed E-state index contributed by atoms with van der Waals surface area (Å²) in [5.74, 6) is 0.0556. The number of rotatable bonds is 3. The van der Waals surface area contributed by atoms with Crippen molar-refractivity contribution in [2.75, 3.05) is 27.2 Å². The van der Waals surface area contributed by atoms with E-state index < -0.39 is 0 Å². The van der Waals surface area contributed by atoms with Gasteiger partial charge in [0.1, 0.15) is 0 Å². The van der Waals surface area contributed by atoms with Crippen molar-refractivity contribution >= 4 is 16.8 Å². The van der Waals surface area contributed by atoms with Crippen LogP contribution in [0.2, 0.25) is 0 Å². The summed E-state index contributed by atoms with van der Waals surface area (Å²) in [5.41, 5.74) is 3.83. The maximum atomic E-state index is 12.8. The van der Waals surface area contributed by atoms with Crippen molar-refractivity contribution in [3.63, 3.8) is 0 Å². The zero-order valence-corrected chi connectivity index (χ0v) is 16.5. The molecule has 1 aliphatic rings. The maximum absolute atomic E-state index is 12.8. The Balaban J connectivity index is 1.63. The molecule has 0 unspecified atom stereocenters. The number of fused-ring (bicyclic) bond motifs is 1. The zero-order valence-electron chi connectivity index (χ0n) is 16.5. The molecule has 1 aromatic heterocycles. The highest BCUT2D eigenvalue weighted by Gasteiger charge is 2.28. The third-order valence-corrected chi connectivity index (χ3v) is 5.78. The van der Waals surface area contributed by atoms with Gasteiger partial charge in [0.05, 0.1) is 5.56 Å². The van der Waals surface area contributed by atoms with Gasteiger partial charge in [-0.2, -0.15) is 0 Å². The third kappa shape index (κ3) is 3.22. The lowest BCUT2D eigenvalue weighted by molar-refractivity contribution is 0.0783. The number of benzene rings is 2. The van der Waals surface area contributed by atoms with Gasteiger partial charge in [-0.25, -0.2) is 0 Å². The van der Waals surface area contributed by atoms with Crippen molar-refractivity contribution in [3.8, 4) is 11.1 Å². The summed E-state index contributed by atoms with van der Waals surface area (Å²) in [6, 6.07) is 15.6. The van der Waals surface area contributed by atoms with Crippen molar-refractivity contribution in [3.05, 3.63) is 70.0 Å². The molecule has 0 spiro atoms. The van der Waals surface area contributed by atoms with E-state index in [1.165, 1.54) is 0 Å². The van der Waals surface area contributed by atoms with Gasteiger partial charge in [0.25, 0.3) is 11.5 Å². The number of likely N-dealkylation sites (N-methyl/N-ethyl adjacent to an activating group) is 1. The number of hydrogen-bond acceptors (Lipinski definition) is 3. The molecule has 4 rings (SSSR count). The summed E-state index contributed by atoms with van der Waals surface area (Å²) < 4.78 is 0. The van der Waals surface area contributed by atoms with E-state index in [9.17, 15) is 9.59 Å². The molecule has 2 heterocycles. The van der Waals surface area contributed by atoms with E-state index in [-0.39, 0.29) is 11.5 Å². The highest BCUT2D eigenvalue weighted by Crippen LogP contribution is 2.26. The summed E-state index contributed by atoms with van der Waals surface area (Å²) >= 11 is 0. The smallest absolute Gasteiger partial charge is 0.256 e. The summed E-state index contributed by atoms with van der Waals surface area (Å²) in [6.45, 7) is 3.52. The van der Waals surface area contributed by atoms with E-state index >= 15 is 0 Å². The monoisotopic (exact) mass is 375 g/mol. The largest absolute Gasteiger partial charge is 0.337 e. The van der Waals surface area contributed by atoms with E-state index in [4.69, 9.17) is 0 Å². The lowest BCUT2D eigenvalue weighted by Gasteiger charge is -2.20. The summed E-state index contributed by atoms with van der Waals surface area (Å²) in [6.07, 6.45) is 1.00. The lowest BCUT2D eigenvalue weighted by atomic mass is 9.97. The molecule has 0 saturated carbocycles. The first-order valence-electron chi connectivity index (χ1n) is 9.63. The fraction of sp³-hybridized carbons (Fsp3) is 0.304. The van der Waals surface area contributed by atoms with Crippen molar-refractivity contribution < 1.29 is 4.79 Å². The molecule has 5 nitrogen and oxygen atoms in total. The van der Waals surface area contributed by atoms with Crippen LogP contribution < -0.4 is 5.56 Å². The molecule has 0 aliphatic carbocycles. The number of hydrogen-bond donors (Lipinski definition) is 1. The summed E-state index contributed by atoms with van der Waals surface area (Å²) in [5, 5.41) is 1.03. The second-order valence-electron chi connectivity index (χ2n) is 7.73. The van der Waals surface area contributed by atoms with Crippen LogP contribution in [-0.2, 0) is 0 Å². The maximum Gasteiger partial charge on any atom is 0.256 e. The van der Waals surface area contributed by atoms with Gasteiger partial charge in [-0.1, -0.05) is 30.3 Å². The van der Waals surface area contributed by atoms with Crippen LogP contribution in [-0.4, -0.2) is 53.9 Å². The van der Waals surface area contributed by atoms with E-state index in [1.54, 1.807) is 0 Å². The average Bonchev–Trinajstić information content (AvgIpc) is 3.18. The van der Waals surface area contributed by atoms with Crippen molar-refractivity contribution in [1.82, 2.24) is 14.8 Å². The van der Waals surface area contributed by atoms with Crippen LogP contribution in [0.1, 0.15) is 22.3 Å². The van der Waals surface area contributed by atoms with Crippen LogP contribution >= 0.6 is 0 Å². The number of nitrogens with one attached hydrogen (secondary N) is 1. The topological polar surface area (TPSA) is 56.4 Å². The van der Waals surface area contributed by atoms with Gasteiger partial charge >= 0.3 is 0 Å². The van der Waals surface area contributed by atoms with E-state index in [0.717, 1.165) is 41.5 Å². The normalized spacial score (nSPS) is 16.9. The Morgan fingerprint density at radius 1 is 1.11 bits per heavy atom. The molecule has 2 aromatic carbocycles. The van der Waals surface area contributed by atoms with Crippen LogP contribution in [0.4, 0.5) is 0 Å². The molecule has 1 saturated heterocycles. The highest BCUT2D eigenvalue weighted by molar-refractivity contribution is 5.95. The number of amides is 1. The number of likely N-dealkylation sites (tertiary alicyclic amines) is 1. The van der Waals surface area contributed by atoms with Gasteiger partial charge in [0, 0.05) is 35.6 Å². The Bertz CT molecular complexity index is 1080.